The number of aryl methyl sites for hydroxylation is 1. The highest BCUT2D eigenvalue weighted by atomic mass is 32.1. The van der Waals surface area contributed by atoms with Crippen molar-refractivity contribution in [2.45, 2.75) is 32.6 Å². The number of hydrogen-bond acceptors (Lipinski definition) is 3. The van der Waals surface area contributed by atoms with E-state index in [2.05, 4.69) is 17.1 Å². The standard InChI is InChI=1S/C14H16N2OS/c1-2-9-3-5-12-11(7-9)14(16-15-12)13-6-4-10(8-17)18-13/h4,6,8-9H,2-3,5,7H2,1H3,(H,15,16). The molecule has 0 radical (unpaired) electrons. The van der Waals surface area contributed by atoms with Crippen molar-refractivity contribution in [1.82, 2.24) is 10.2 Å². The average molecular weight is 260 g/mol. The molecule has 0 fully saturated rings. The molecule has 0 aliphatic heterocycles. The van der Waals surface area contributed by atoms with Crippen molar-refractivity contribution in [3.8, 4) is 10.6 Å². The minimum absolute atomic E-state index is 0.768. The normalized spacial score (nSPS) is 18.6. The van der Waals surface area contributed by atoms with Gasteiger partial charge >= 0.3 is 0 Å². The molecule has 94 valence electrons. The van der Waals surface area contributed by atoms with Gasteiger partial charge in [0.15, 0.2) is 6.29 Å². The van der Waals surface area contributed by atoms with Gasteiger partial charge in [-0.05, 0) is 37.3 Å². The van der Waals surface area contributed by atoms with E-state index in [1.807, 2.05) is 12.1 Å². The Bertz CT molecular complexity index is 570. The molecule has 18 heavy (non-hydrogen) atoms. The number of thiophene rings is 1. The average Bonchev–Trinajstić information content (AvgIpc) is 3.03. The van der Waals surface area contributed by atoms with Crippen molar-refractivity contribution in [3.05, 3.63) is 28.3 Å². The van der Waals surface area contributed by atoms with Crippen molar-refractivity contribution in [2.24, 2.45) is 5.92 Å². The lowest BCUT2D eigenvalue weighted by atomic mass is 9.85. The van der Waals surface area contributed by atoms with E-state index >= 15 is 0 Å². The van der Waals surface area contributed by atoms with Crippen LogP contribution in [0.2, 0.25) is 0 Å². The number of H-pyrrole nitrogens is 1. The molecule has 1 atom stereocenters. The molecule has 0 saturated heterocycles. The summed E-state index contributed by atoms with van der Waals surface area (Å²) in [6.45, 7) is 2.26. The summed E-state index contributed by atoms with van der Waals surface area (Å²) in [5.74, 6) is 0.777. The van der Waals surface area contributed by atoms with Crippen molar-refractivity contribution in [3.63, 3.8) is 0 Å². The molecule has 0 amide bonds. The van der Waals surface area contributed by atoms with Gasteiger partial charge in [-0.1, -0.05) is 13.3 Å². The highest BCUT2D eigenvalue weighted by molar-refractivity contribution is 7.17. The molecule has 2 heterocycles. The van der Waals surface area contributed by atoms with Crippen LogP contribution in [-0.4, -0.2) is 16.5 Å². The van der Waals surface area contributed by atoms with Gasteiger partial charge in [0.05, 0.1) is 9.75 Å². The lowest BCUT2D eigenvalue weighted by Crippen LogP contribution is -2.12. The molecule has 0 spiro atoms. The smallest absolute Gasteiger partial charge is 0.160 e. The predicted molar refractivity (Wildman–Crippen MR) is 73.1 cm³/mol. The van der Waals surface area contributed by atoms with Crippen LogP contribution in [0, 0.1) is 5.92 Å². The Balaban J connectivity index is 1.98. The molecular formula is C14H16N2OS. The highest BCUT2D eigenvalue weighted by Gasteiger charge is 2.23. The molecule has 1 N–H and O–H groups in total. The van der Waals surface area contributed by atoms with E-state index in [1.54, 1.807) is 0 Å². The van der Waals surface area contributed by atoms with Gasteiger partial charge in [-0.15, -0.1) is 11.3 Å². The first kappa shape index (κ1) is 11.7. The van der Waals surface area contributed by atoms with E-state index in [9.17, 15) is 4.79 Å². The van der Waals surface area contributed by atoms with Crippen LogP contribution in [0.3, 0.4) is 0 Å². The van der Waals surface area contributed by atoms with Crippen LogP contribution in [0.25, 0.3) is 10.6 Å². The minimum atomic E-state index is 0.768. The second-order valence-electron chi connectivity index (χ2n) is 4.87. The van der Waals surface area contributed by atoms with E-state index in [4.69, 9.17) is 0 Å². The zero-order valence-corrected chi connectivity index (χ0v) is 11.2. The largest absolute Gasteiger partial charge is 0.297 e. The summed E-state index contributed by atoms with van der Waals surface area (Å²) in [5.41, 5.74) is 3.71. The third-order valence-corrected chi connectivity index (χ3v) is 4.82. The third-order valence-electron chi connectivity index (χ3n) is 3.80. The van der Waals surface area contributed by atoms with E-state index in [0.717, 1.165) is 40.5 Å². The van der Waals surface area contributed by atoms with Crippen LogP contribution in [0.15, 0.2) is 12.1 Å². The van der Waals surface area contributed by atoms with Gasteiger partial charge in [-0.3, -0.25) is 9.89 Å². The predicted octanol–water partition coefficient (Wildman–Crippen LogP) is 3.47. The van der Waals surface area contributed by atoms with Crippen LogP contribution >= 0.6 is 11.3 Å². The molecule has 0 saturated carbocycles. The monoisotopic (exact) mass is 260 g/mol. The van der Waals surface area contributed by atoms with Crippen molar-refractivity contribution < 1.29 is 4.79 Å². The van der Waals surface area contributed by atoms with Gasteiger partial charge in [-0.2, -0.15) is 5.10 Å². The molecular weight excluding hydrogens is 244 g/mol. The lowest BCUT2D eigenvalue weighted by molar-refractivity contribution is 0.112. The number of nitrogens with zero attached hydrogens (tertiary/aromatic N) is 1. The Morgan fingerprint density at radius 2 is 2.44 bits per heavy atom. The number of fused-ring (bicyclic) bond motifs is 1. The summed E-state index contributed by atoms with van der Waals surface area (Å²) >= 11 is 1.52. The SMILES string of the molecule is CCC1CCc2[nH]nc(-c3ccc(C=O)s3)c2C1. The second-order valence-corrected chi connectivity index (χ2v) is 5.98. The quantitative estimate of drug-likeness (QED) is 0.859. The van der Waals surface area contributed by atoms with Gasteiger partial charge in [0, 0.05) is 11.3 Å². The van der Waals surface area contributed by atoms with Crippen molar-refractivity contribution >= 4 is 17.6 Å². The second kappa shape index (κ2) is 4.69. The number of aromatic nitrogens is 2. The fourth-order valence-corrected chi connectivity index (χ4v) is 3.50. The minimum Gasteiger partial charge on any atom is -0.297 e. The molecule has 3 nitrogen and oxygen atoms in total. The molecule has 1 aliphatic rings. The summed E-state index contributed by atoms with van der Waals surface area (Å²) < 4.78 is 0. The van der Waals surface area contributed by atoms with E-state index in [-0.39, 0.29) is 0 Å². The summed E-state index contributed by atoms with van der Waals surface area (Å²) in [6.07, 6.45) is 5.62. The number of nitrogens with one attached hydrogen (secondary N) is 1. The highest BCUT2D eigenvalue weighted by Crippen LogP contribution is 2.35. The Hall–Kier alpha value is -1.42. The number of aldehydes is 1. The van der Waals surface area contributed by atoms with E-state index in [1.165, 1.54) is 35.4 Å². The number of carbonyl (C=O) groups is 1. The van der Waals surface area contributed by atoms with Gasteiger partial charge in [0.2, 0.25) is 0 Å². The van der Waals surface area contributed by atoms with Crippen LogP contribution in [0.1, 0.15) is 40.7 Å². The Morgan fingerprint density at radius 3 is 3.17 bits per heavy atom. The first-order chi connectivity index (χ1) is 8.81. The maximum Gasteiger partial charge on any atom is 0.160 e. The first-order valence-corrected chi connectivity index (χ1v) is 7.25. The van der Waals surface area contributed by atoms with Gasteiger partial charge in [0.25, 0.3) is 0 Å². The summed E-state index contributed by atoms with van der Waals surface area (Å²) in [4.78, 5) is 12.6. The molecule has 3 rings (SSSR count). The first-order valence-electron chi connectivity index (χ1n) is 6.43. The van der Waals surface area contributed by atoms with Gasteiger partial charge < -0.3 is 0 Å². The number of aromatic amines is 1. The van der Waals surface area contributed by atoms with Crippen LogP contribution < -0.4 is 0 Å². The zero-order valence-electron chi connectivity index (χ0n) is 10.4. The van der Waals surface area contributed by atoms with Crippen molar-refractivity contribution in [2.75, 3.05) is 0 Å². The fourth-order valence-electron chi connectivity index (χ4n) is 2.66. The number of hydrogen-bond donors (Lipinski definition) is 1. The molecule has 1 unspecified atom stereocenters. The lowest BCUT2D eigenvalue weighted by Gasteiger charge is -2.20. The zero-order chi connectivity index (χ0) is 12.5. The van der Waals surface area contributed by atoms with Gasteiger partial charge in [0.1, 0.15) is 5.69 Å². The molecule has 0 aromatic carbocycles. The Morgan fingerprint density at radius 1 is 1.56 bits per heavy atom. The maximum absolute atomic E-state index is 10.8. The molecule has 2 aromatic heterocycles. The topological polar surface area (TPSA) is 45.8 Å². The number of rotatable bonds is 3. The molecule has 1 aliphatic carbocycles. The summed E-state index contributed by atoms with van der Waals surface area (Å²) in [5, 5.41) is 7.62. The Kier molecular flexibility index (Phi) is 3.04. The number of carbonyl (C=O) groups excluding carboxylic acids is 1. The molecule has 4 heteroatoms. The summed E-state index contributed by atoms with van der Waals surface area (Å²) in [6, 6.07) is 3.87. The van der Waals surface area contributed by atoms with Crippen LogP contribution in [-0.2, 0) is 12.8 Å². The fraction of sp³-hybridized carbons (Fsp3) is 0.429. The summed E-state index contributed by atoms with van der Waals surface area (Å²) in [7, 11) is 0. The molecule has 0 bridgehead atoms. The maximum atomic E-state index is 10.8. The third kappa shape index (κ3) is 1.90. The van der Waals surface area contributed by atoms with Crippen LogP contribution in [0.4, 0.5) is 0 Å². The van der Waals surface area contributed by atoms with Crippen molar-refractivity contribution in [1.29, 1.82) is 0 Å². The van der Waals surface area contributed by atoms with Crippen LogP contribution in [0.5, 0.6) is 0 Å². The van der Waals surface area contributed by atoms with Gasteiger partial charge in [-0.25, -0.2) is 0 Å². The molecule has 2 aromatic rings. The van der Waals surface area contributed by atoms with E-state index in [0.29, 0.717) is 0 Å². The van der Waals surface area contributed by atoms with E-state index < -0.39 is 0 Å². The Labute approximate surface area is 110 Å².